The number of hydrogen-bond donors (Lipinski definition) is 1. The third-order valence-electron chi connectivity index (χ3n) is 3.29. The summed E-state index contributed by atoms with van der Waals surface area (Å²) in [5, 5.41) is 2.92. The fraction of sp³-hybridized carbons (Fsp3) is 0.231. The summed E-state index contributed by atoms with van der Waals surface area (Å²) in [6.07, 6.45) is 5.35. The highest BCUT2D eigenvalue weighted by molar-refractivity contribution is 6.05. The Morgan fingerprint density at radius 2 is 2.18 bits per heavy atom. The molecule has 1 N–H and O–H groups in total. The Bertz CT molecular complexity index is 585. The molecule has 0 bridgehead atoms. The largest absolute Gasteiger partial charge is 0.325 e. The number of anilines is 1. The Balaban J connectivity index is 2.12. The maximum atomic E-state index is 11.8. The van der Waals surface area contributed by atoms with Gasteiger partial charge in [0.25, 0.3) is 0 Å². The summed E-state index contributed by atoms with van der Waals surface area (Å²) < 4.78 is 1.91. The molecule has 4 nitrogen and oxygen atoms in total. The first-order chi connectivity index (χ1) is 8.09. The van der Waals surface area contributed by atoms with Crippen molar-refractivity contribution in [1.82, 2.24) is 9.55 Å². The van der Waals surface area contributed by atoms with Gasteiger partial charge in [0.2, 0.25) is 5.91 Å². The molecule has 0 fully saturated rings. The predicted molar refractivity (Wildman–Crippen MR) is 65.2 cm³/mol. The number of carbonyl (C=O) groups excluding carboxylic acids is 1. The molecule has 1 amide bonds. The second-order valence-electron chi connectivity index (χ2n) is 4.78. The number of aromatic nitrogens is 2. The molecule has 0 spiro atoms. The van der Waals surface area contributed by atoms with Crippen LogP contribution in [0.15, 0.2) is 36.9 Å². The van der Waals surface area contributed by atoms with Crippen molar-refractivity contribution in [3.05, 3.63) is 42.5 Å². The van der Waals surface area contributed by atoms with Crippen molar-refractivity contribution in [3.63, 3.8) is 0 Å². The zero-order chi connectivity index (χ0) is 12.0. The smallest absolute Gasteiger partial charge is 0.234 e. The zero-order valence-electron chi connectivity index (χ0n) is 9.77. The number of rotatable bonds is 1. The number of nitrogens with one attached hydrogen (secondary N) is 1. The van der Waals surface area contributed by atoms with E-state index in [1.807, 2.05) is 42.8 Å². The highest BCUT2D eigenvalue weighted by Crippen LogP contribution is 2.38. The Morgan fingerprint density at radius 1 is 1.35 bits per heavy atom. The number of hydrogen-bond acceptors (Lipinski definition) is 2. The summed E-state index contributed by atoms with van der Waals surface area (Å²) in [7, 11) is 0. The number of carbonyl (C=O) groups is 1. The van der Waals surface area contributed by atoms with Crippen molar-refractivity contribution in [2.75, 3.05) is 5.32 Å². The molecule has 0 atom stereocenters. The van der Waals surface area contributed by atoms with Gasteiger partial charge in [-0.2, -0.15) is 0 Å². The number of imidazole rings is 1. The van der Waals surface area contributed by atoms with Crippen molar-refractivity contribution in [2.24, 2.45) is 0 Å². The Morgan fingerprint density at radius 3 is 2.88 bits per heavy atom. The summed E-state index contributed by atoms with van der Waals surface area (Å²) in [5.41, 5.74) is 2.50. The molecule has 0 radical (unpaired) electrons. The van der Waals surface area contributed by atoms with Gasteiger partial charge in [-0.15, -0.1) is 0 Å². The van der Waals surface area contributed by atoms with E-state index in [2.05, 4.69) is 10.3 Å². The van der Waals surface area contributed by atoms with Gasteiger partial charge in [-0.3, -0.25) is 4.79 Å². The van der Waals surface area contributed by atoms with E-state index < -0.39 is 5.41 Å². The van der Waals surface area contributed by atoms with Gasteiger partial charge in [-0.25, -0.2) is 4.98 Å². The summed E-state index contributed by atoms with van der Waals surface area (Å²) in [6.45, 7) is 3.87. The monoisotopic (exact) mass is 227 g/mol. The third-order valence-corrected chi connectivity index (χ3v) is 3.29. The maximum Gasteiger partial charge on any atom is 0.234 e. The van der Waals surface area contributed by atoms with Gasteiger partial charge in [0.1, 0.15) is 0 Å². The van der Waals surface area contributed by atoms with Crippen molar-refractivity contribution in [3.8, 4) is 5.69 Å². The van der Waals surface area contributed by atoms with Crippen LogP contribution in [0.3, 0.4) is 0 Å². The molecule has 0 unspecified atom stereocenters. The predicted octanol–water partition coefficient (Wildman–Crippen LogP) is 2.10. The zero-order valence-corrected chi connectivity index (χ0v) is 9.77. The lowest BCUT2D eigenvalue weighted by Crippen LogP contribution is -2.26. The first-order valence-corrected chi connectivity index (χ1v) is 5.53. The molecule has 0 aliphatic carbocycles. The first-order valence-electron chi connectivity index (χ1n) is 5.53. The molecule has 0 saturated carbocycles. The maximum absolute atomic E-state index is 11.8. The normalized spacial score (nSPS) is 16.7. The number of benzene rings is 1. The van der Waals surface area contributed by atoms with Crippen LogP contribution in [0.1, 0.15) is 19.4 Å². The van der Waals surface area contributed by atoms with E-state index in [1.165, 1.54) is 0 Å². The number of fused-ring (bicyclic) bond motifs is 1. The highest BCUT2D eigenvalue weighted by atomic mass is 16.2. The molecular formula is C13H13N3O. The Labute approximate surface area is 99.3 Å². The van der Waals surface area contributed by atoms with E-state index in [-0.39, 0.29) is 5.91 Å². The second-order valence-corrected chi connectivity index (χ2v) is 4.78. The van der Waals surface area contributed by atoms with E-state index in [9.17, 15) is 4.79 Å². The summed E-state index contributed by atoms with van der Waals surface area (Å²) in [5.74, 6) is 0.0512. The summed E-state index contributed by atoms with van der Waals surface area (Å²) >= 11 is 0. The van der Waals surface area contributed by atoms with Crippen molar-refractivity contribution in [1.29, 1.82) is 0 Å². The number of nitrogens with zero attached hydrogens (tertiary/aromatic N) is 2. The lowest BCUT2D eigenvalue weighted by molar-refractivity contribution is -0.119. The quantitative estimate of drug-likeness (QED) is 0.811. The SMILES string of the molecule is CC1(C)C(=O)Nc2cc(-n3ccnc3)ccc21. The molecular weight excluding hydrogens is 214 g/mol. The average Bonchev–Trinajstić information content (AvgIpc) is 2.87. The fourth-order valence-corrected chi connectivity index (χ4v) is 2.15. The van der Waals surface area contributed by atoms with Crippen molar-refractivity contribution >= 4 is 11.6 Å². The molecule has 1 aliphatic heterocycles. The first kappa shape index (κ1) is 10.1. The summed E-state index contributed by atoms with van der Waals surface area (Å²) in [4.78, 5) is 15.8. The Kier molecular flexibility index (Phi) is 1.90. The molecule has 1 aromatic carbocycles. The van der Waals surface area contributed by atoms with Crippen LogP contribution in [-0.4, -0.2) is 15.5 Å². The van der Waals surface area contributed by atoms with Crippen LogP contribution in [-0.2, 0) is 10.2 Å². The van der Waals surface area contributed by atoms with Gasteiger partial charge >= 0.3 is 0 Å². The Hall–Kier alpha value is -2.10. The molecule has 2 heterocycles. The van der Waals surface area contributed by atoms with Crippen LogP contribution in [0.4, 0.5) is 5.69 Å². The van der Waals surface area contributed by atoms with Gasteiger partial charge in [-0.05, 0) is 31.5 Å². The van der Waals surface area contributed by atoms with Gasteiger partial charge in [0.05, 0.1) is 11.7 Å². The van der Waals surface area contributed by atoms with Gasteiger partial charge in [0, 0.05) is 23.8 Å². The highest BCUT2D eigenvalue weighted by Gasteiger charge is 2.38. The van der Waals surface area contributed by atoms with Crippen LogP contribution >= 0.6 is 0 Å². The molecule has 3 rings (SSSR count). The van der Waals surface area contributed by atoms with Crippen LogP contribution in [0.25, 0.3) is 5.69 Å². The van der Waals surface area contributed by atoms with Crippen molar-refractivity contribution < 1.29 is 4.79 Å². The minimum Gasteiger partial charge on any atom is -0.325 e. The molecule has 2 aromatic rings. The average molecular weight is 227 g/mol. The van der Waals surface area contributed by atoms with Crippen LogP contribution in [0, 0.1) is 0 Å². The van der Waals surface area contributed by atoms with E-state index in [0.717, 1.165) is 16.9 Å². The molecule has 86 valence electrons. The molecule has 0 saturated heterocycles. The minimum absolute atomic E-state index is 0.0512. The van der Waals surface area contributed by atoms with Gasteiger partial charge < -0.3 is 9.88 Å². The van der Waals surface area contributed by atoms with E-state index in [1.54, 1.807) is 12.5 Å². The second kappa shape index (κ2) is 3.20. The van der Waals surface area contributed by atoms with E-state index in [0.29, 0.717) is 0 Å². The molecule has 1 aromatic heterocycles. The topological polar surface area (TPSA) is 46.9 Å². The van der Waals surface area contributed by atoms with Crippen LogP contribution in [0.5, 0.6) is 0 Å². The fourth-order valence-electron chi connectivity index (χ4n) is 2.15. The molecule has 1 aliphatic rings. The summed E-state index contributed by atoms with van der Waals surface area (Å²) in [6, 6.07) is 5.98. The van der Waals surface area contributed by atoms with Crippen LogP contribution < -0.4 is 5.32 Å². The number of amides is 1. The van der Waals surface area contributed by atoms with Gasteiger partial charge in [-0.1, -0.05) is 6.07 Å². The molecule has 4 heteroatoms. The third kappa shape index (κ3) is 1.37. The van der Waals surface area contributed by atoms with Crippen LogP contribution in [0.2, 0.25) is 0 Å². The lowest BCUT2D eigenvalue weighted by Gasteiger charge is -2.15. The van der Waals surface area contributed by atoms with E-state index >= 15 is 0 Å². The van der Waals surface area contributed by atoms with Crippen molar-refractivity contribution in [2.45, 2.75) is 19.3 Å². The van der Waals surface area contributed by atoms with Gasteiger partial charge in [0.15, 0.2) is 0 Å². The lowest BCUT2D eigenvalue weighted by atomic mass is 9.86. The van der Waals surface area contributed by atoms with E-state index in [4.69, 9.17) is 0 Å². The standard InChI is InChI=1S/C13H13N3O/c1-13(2)10-4-3-9(16-6-5-14-8-16)7-11(10)15-12(13)17/h3-8H,1-2H3,(H,15,17). The minimum atomic E-state index is -0.442. The molecule has 17 heavy (non-hydrogen) atoms.